The Bertz CT molecular complexity index is 399. The van der Waals surface area contributed by atoms with Gasteiger partial charge in [0.05, 0.1) is 0 Å². The first kappa shape index (κ1) is 14.5. The van der Waals surface area contributed by atoms with E-state index in [9.17, 15) is 4.79 Å². The zero-order valence-electron chi connectivity index (χ0n) is 11.4. The van der Waals surface area contributed by atoms with Crippen molar-refractivity contribution in [3.63, 3.8) is 0 Å². The van der Waals surface area contributed by atoms with Crippen LogP contribution >= 0.6 is 0 Å². The Morgan fingerprint density at radius 1 is 1.50 bits per heavy atom. The molecule has 0 aliphatic heterocycles. The fourth-order valence-corrected chi connectivity index (χ4v) is 1.59. The van der Waals surface area contributed by atoms with Gasteiger partial charge in [0, 0.05) is 12.3 Å². The predicted octanol–water partition coefficient (Wildman–Crippen LogP) is 2.39. The van der Waals surface area contributed by atoms with Crippen LogP contribution in [0.3, 0.4) is 0 Å². The maximum Gasteiger partial charge on any atom is 0.405 e. The standard InChI is InChI=1S/C12H21N3O3/c1-8(2)10-14-9(18-15-10)6-5-7-12(3,4)17-11(13)16/h8H,5-7H2,1-4H3,(H2,13,16). The van der Waals surface area contributed by atoms with Crippen molar-refractivity contribution in [3.05, 3.63) is 11.7 Å². The van der Waals surface area contributed by atoms with Crippen molar-refractivity contribution in [2.45, 2.75) is 58.5 Å². The molecule has 0 aromatic carbocycles. The minimum atomic E-state index is -0.750. The summed E-state index contributed by atoms with van der Waals surface area (Å²) in [5, 5.41) is 3.89. The highest BCUT2D eigenvalue weighted by Gasteiger charge is 2.21. The second-order valence-electron chi connectivity index (χ2n) is 5.24. The quantitative estimate of drug-likeness (QED) is 0.842. The van der Waals surface area contributed by atoms with E-state index in [1.54, 1.807) is 0 Å². The van der Waals surface area contributed by atoms with Gasteiger partial charge in [-0.2, -0.15) is 4.98 Å². The average Bonchev–Trinajstić information content (AvgIpc) is 2.63. The fraction of sp³-hybridized carbons (Fsp3) is 0.750. The van der Waals surface area contributed by atoms with E-state index in [0.717, 1.165) is 12.2 Å². The van der Waals surface area contributed by atoms with Crippen molar-refractivity contribution in [1.29, 1.82) is 0 Å². The van der Waals surface area contributed by atoms with Crippen molar-refractivity contribution in [2.75, 3.05) is 0 Å². The van der Waals surface area contributed by atoms with Gasteiger partial charge in [0.25, 0.3) is 0 Å². The van der Waals surface area contributed by atoms with Crippen LogP contribution in [-0.2, 0) is 11.2 Å². The Labute approximate surface area is 107 Å². The number of carbonyl (C=O) groups is 1. The van der Waals surface area contributed by atoms with E-state index < -0.39 is 11.7 Å². The lowest BCUT2D eigenvalue weighted by atomic mass is 10.0. The Balaban J connectivity index is 2.39. The molecule has 2 N–H and O–H groups in total. The molecule has 0 saturated carbocycles. The summed E-state index contributed by atoms with van der Waals surface area (Å²) in [4.78, 5) is 15.0. The van der Waals surface area contributed by atoms with Gasteiger partial charge in [-0.15, -0.1) is 0 Å². The number of primary amides is 1. The molecular weight excluding hydrogens is 234 g/mol. The van der Waals surface area contributed by atoms with Crippen LogP contribution in [0.1, 0.15) is 58.2 Å². The summed E-state index contributed by atoms with van der Waals surface area (Å²) in [6.07, 6.45) is 1.40. The lowest BCUT2D eigenvalue weighted by Crippen LogP contribution is -2.31. The Morgan fingerprint density at radius 2 is 2.17 bits per heavy atom. The number of carbonyl (C=O) groups excluding carboxylic acids is 1. The van der Waals surface area contributed by atoms with Crippen LogP contribution in [0.4, 0.5) is 4.79 Å². The molecule has 6 nitrogen and oxygen atoms in total. The maximum absolute atomic E-state index is 10.7. The van der Waals surface area contributed by atoms with E-state index in [0.29, 0.717) is 18.7 Å². The molecular formula is C12H21N3O3. The summed E-state index contributed by atoms with van der Waals surface area (Å²) in [5.74, 6) is 1.60. The van der Waals surface area contributed by atoms with Gasteiger partial charge in [0.15, 0.2) is 5.82 Å². The SMILES string of the molecule is CC(C)c1noc(CCCC(C)(C)OC(N)=O)n1. The molecule has 0 unspecified atom stereocenters. The minimum Gasteiger partial charge on any atom is -0.444 e. The topological polar surface area (TPSA) is 91.2 Å². The highest BCUT2D eigenvalue weighted by atomic mass is 16.6. The third-order valence-electron chi connectivity index (χ3n) is 2.55. The minimum absolute atomic E-state index is 0.261. The summed E-state index contributed by atoms with van der Waals surface area (Å²) in [7, 11) is 0. The number of nitrogens with zero attached hydrogens (tertiary/aromatic N) is 2. The summed E-state index contributed by atoms with van der Waals surface area (Å²) in [6.45, 7) is 7.67. The van der Waals surface area contributed by atoms with Crippen molar-refractivity contribution < 1.29 is 14.1 Å². The number of rotatable bonds is 6. The van der Waals surface area contributed by atoms with E-state index in [-0.39, 0.29) is 5.92 Å². The first-order valence-corrected chi connectivity index (χ1v) is 6.11. The highest BCUT2D eigenvalue weighted by molar-refractivity contribution is 5.65. The molecule has 1 heterocycles. The van der Waals surface area contributed by atoms with Gasteiger partial charge in [-0.05, 0) is 26.7 Å². The molecule has 0 saturated heterocycles. The number of hydrogen-bond acceptors (Lipinski definition) is 5. The van der Waals surface area contributed by atoms with Gasteiger partial charge in [0.2, 0.25) is 5.89 Å². The molecule has 102 valence electrons. The van der Waals surface area contributed by atoms with Gasteiger partial charge in [-0.25, -0.2) is 4.79 Å². The third-order valence-corrected chi connectivity index (χ3v) is 2.55. The number of nitrogens with two attached hydrogens (primary N) is 1. The van der Waals surface area contributed by atoms with E-state index in [2.05, 4.69) is 10.1 Å². The Kier molecular flexibility index (Phi) is 4.69. The van der Waals surface area contributed by atoms with Crippen LogP contribution in [-0.4, -0.2) is 21.8 Å². The first-order valence-electron chi connectivity index (χ1n) is 6.11. The van der Waals surface area contributed by atoms with Crippen molar-refractivity contribution in [1.82, 2.24) is 10.1 Å². The second-order valence-corrected chi connectivity index (χ2v) is 5.24. The molecule has 1 rings (SSSR count). The lowest BCUT2D eigenvalue weighted by Gasteiger charge is -2.23. The van der Waals surface area contributed by atoms with Gasteiger partial charge < -0.3 is 15.0 Å². The molecule has 0 aliphatic rings. The van der Waals surface area contributed by atoms with E-state index >= 15 is 0 Å². The van der Waals surface area contributed by atoms with Gasteiger partial charge >= 0.3 is 6.09 Å². The normalized spacial score (nSPS) is 11.8. The van der Waals surface area contributed by atoms with Crippen LogP contribution in [0.15, 0.2) is 4.52 Å². The smallest absolute Gasteiger partial charge is 0.405 e. The molecule has 0 atom stereocenters. The van der Waals surface area contributed by atoms with E-state index in [4.69, 9.17) is 15.0 Å². The molecule has 1 aromatic rings. The van der Waals surface area contributed by atoms with Gasteiger partial charge in [-0.3, -0.25) is 0 Å². The number of aromatic nitrogens is 2. The van der Waals surface area contributed by atoms with E-state index in [1.165, 1.54) is 0 Å². The molecule has 6 heteroatoms. The number of ether oxygens (including phenoxy) is 1. The predicted molar refractivity (Wildman–Crippen MR) is 66.1 cm³/mol. The number of hydrogen-bond donors (Lipinski definition) is 1. The molecule has 0 aliphatic carbocycles. The number of amides is 1. The molecule has 0 bridgehead atoms. The van der Waals surface area contributed by atoms with Crippen LogP contribution < -0.4 is 5.73 Å². The Hall–Kier alpha value is -1.59. The molecule has 1 amide bonds. The summed E-state index contributed by atoms with van der Waals surface area (Å²) in [5.41, 5.74) is 4.43. The van der Waals surface area contributed by atoms with Crippen LogP contribution in [0.2, 0.25) is 0 Å². The zero-order valence-corrected chi connectivity index (χ0v) is 11.4. The van der Waals surface area contributed by atoms with Crippen LogP contribution in [0.5, 0.6) is 0 Å². The highest BCUT2D eigenvalue weighted by Crippen LogP contribution is 2.18. The second kappa shape index (κ2) is 5.84. The lowest BCUT2D eigenvalue weighted by molar-refractivity contribution is 0.0374. The van der Waals surface area contributed by atoms with Gasteiger partial charge in [-0.1, -0.05) is 19.0 Å². The average molecular weight is 255 g/mol. The largest absolute Gasteiger partial charge is 0.444 e. The monoisotopic (exact) mass is 255 g/mol. The molecule has 18 heavy (non-hydrogen) atoms. The summed E-state index contributed by atoms with van der Waals surface area (Å²) < 4.78 is 10.1. The molecule has 0 spiro atoms. The Morgan fingerprint density at radius 3 is 2.67 bits per heavy atom. The summed E-state index contributed by atoms with van der Waals surface area (Å²) in [6, 6.07) is 0. The maximum atomic E-state index is 10.7. The van der Waals surface area contributed by atoms with E-state index in [1.807, 2.05) is 27.7 Å². The van der Waals surface area contributed by atoms with Crippen molar-refractivity contribution >= 4 is 6.09 Å². The van der Waals surface area contributed by atoms with Crippen LogP contribution in [0, 0.1) is 0 Å². The summed E-state index contributed by atoms with van der Waals surface area (Å²) >= 11 is 0. The zero-order chi connectivity index (χ0) is 13.8. The fourth-order valence-electron chi connectivity index (χ4n) is 1.59. The van der Waals surface area contributed by atoms with Crippen molar-refractivity contribution in [3.8, 4) is 0 Å². The molecule has 0 fully saturated rings. The number of aryl methyl sites for hydroxylation is 1. The van der Waals surface area contributed by atoms with Crippen molar-refractivity contribution in [2.24, 2.45) is 5.73 Å². The molecule has 1 aromatic heterocycles. The van der Waals surface area contributed by atoms with Crippen LogP contribution in [0.25, 0.3) is 0 Å². The molecule has 0 radical (unpaired) electrons. The third kappa shape index (κ3) is 4.73. The van der Waals surface area contributed by atoms with Gasteiger partial charge in [0.1, 0.15) is 5.60 Å². The first-order chi connectivity index (χ1) is 8.30.